The van der Waals surface area contributed by atoms with E-state index in [0.717, 1.165) is 13.1 Å². The number of nitrogens with one attached hydrogen (secondary N) is 1. The van der Waals surface area contributed by atoms with Crippen molar-refractivity contribution in [1.29, 1.82) is 0 Å². The van der Waals surface area contributed by atoms with Gasteiger partial charge in [-0.2, -0.15) is 0 Å². The van der Waals surface area contributed by atoms with E-state index >= 15 is 0 Å². The molecule has 0 amide bonds. The number of hydrogen-bond donors (Lipinski definition) is 1. The number of piperidine rings is 1. The van der Waals surface area contributed by atoms with Crippen LogP contribution in [0.25, 0.3) is 17.7 Å². The second kappa shape index (κ2) is 5.04. The Morgan fingerprint density at radius 3 is 2.65 bits per heavy atom. The Labute approximate surface area is 123 Å². The van der Waals surface area contributed by atoms with E-state index in [9.17, 15) is 0 Å². The van der Waals surface area contributed by atoms with Crippen LogP contribution in [0.15, 0.2) is 41.3 Å². The molecule has 4 rings (SSSR count). The molecule has 1 nitrogen and oxygen atoms in total. The average Bonchev–Trinajstić information content (AvgIpc) is 2.90. The molecule has 1 aromatic heterocycles. The van der Waals surface area contributed by atoms with Crippen molar-refractivity contribution in [2.75, 3.05) is 13.1 Å². The summed E-state index contributed by atoms with van der Waals surface area (Å²) < 4.78 is 0. The first-order valence-corrected chi connectivity index (χ1v) is 8.09. The van der Waals surface area contributed by atoms with E-state index in [-0.39, 0.29) is 0 Å². The third-order valence-corrected chi connectivity index (χ3v) is 5.05. The van der Waals surface area contributed by atoms with Crippen LogP contribution in [0.4, 0.5) is 0 Å². The van der Waals surface area contributed by atoms with Gasteiger partial charge in [-0.3, -0.25) is 0 Å². The molecule has 1 aliphatic heterocycles. The van der Waals surface area contributed by atoms with E-state index in [1.807, 2.05) is 11.3 Å². The average molecular weight is 279 g/mol. The van der Waals surface area contributed by atoms with Gasteiger partial charge in [-0.05, 0) is 60.2 Å². The Balaban J connectivity index is 2.00. The van der Waals surface area contributed by atoms with Crippen LogP contribution in [0, 0.1) is 0 Å². The molecular formula is C18H17NS. The Bertz CT molecular complexity index is 698. The molecule has 2 aromatic rings. The van der Waals surface area contributed by atoms with Gasteiger partial charge >= 0.3 is 0 Å². The Hall–Kier alpha value is -1.64. The van der Waals surface area contributed by atoms with Crippen molar-refractivity contribution in [3.05, 3.63) is 62.9 Å². The minimum atomic E-state index is 1.11. The number of fused-ring (bicyclic) bond motifs is 2. The zero-order valence-corrected chi connectivity index (χ0v) is 12.2. The molecule has 0 saturated carbocycles. The zero-order chi connectivity index (χ0) is 13.4. The number of thiophene rings is 1. The monoisotopic (exact) mass is 279 g/mol. The van der Waals surface area contributed by atoms with Crippen molar-refractivity contribution >= 4 is 29.1 Å². The van der Waals surface area contributed by atoms with E-state index in [0.29, 0.717) is 0 Å². The summed E-state index contributed by atoms with van der Waals surface area (Å²) in [6.07, 6.45) is 6.87. The number of rotatable bonds is 0. The third-order valence-electron chi connectivity index (χ3n) is 4.17. The van der Waals surface area contributed by atoms with Crippen molar-refractivity contribution in [1.82, 2.24) is 5.32 Å². The second-order valence-corrected chi connectivity index (χ2v) is 6.30. The lowest BCUT2D eigenvalue weighted by atomic mass is 9.88. The largest absolute Gasteiger partial charge is 0.316 e. The quantitative estimate of drug-likeness (QED) is 0.642. The minimum Gasteiger partial charge on any atom is -0.316 e. The summed E-state index contributed by atoms with van der Waals surface area (Å²) in [6.45, 7) is 2.21. The normalized spacial score (nSPS) is 17.6. The molecule has 1 saturated heterocycles. The number of hydrogen-bond acceptors (Lipinski definition) is 2. The summed E-state index contributed by atoms with van der Waals surface area (Å²) in [4.78, 5) is 1.39. The maximum Gasteiger partial charge on any atom is 0.0349 e. The molecule has 0 unspecified atom stereocenters. The molecule has 0 radical (unpaired) electrons. The van der Waals surface area contributed by atoms with Crippen LogP contribution in [0.5, 0.6) is 0 Å². The van der Waals surface area contributed by atoms with Crippen LogP contribution in [-0.4, -0.2) is 13.1 Å². The highest BCUT2D eigenvalue weighted by atomic mass is 32.1. The SMILES string of the molecule is C1=Cc2sccc2C(=C2CCNCC2)c2ccccc21. The predicted octanol–water partition coefficient (Wildman–Crippen LogP) is 4.42. The molecule has 1 N–H and O–H groups in total. The first kappa shape index (κ1) is 12.1. The molecule has 0 spiro atoms. The van der Waals surface area contributed by atoms with E-state index in [4.69, 9.17) is 0 Å². The van der Waals surface area contributed by atoms with Crippen LogP contribution in [0.1, 0.15) is 34.4 Å². The van der Waals surface area contributed by atoms with Crippen LogP contribution >= 0.6 is 11.3 Å². The van der Waals surface area contributed by atoms with Crippen LogP contribution in [0.3, 0.4) is 0 Å². The van der Waals surface area contributed by atoms with Gasteiger partial charge in [0.15, 0.2) is 0 Å². The summed E-state index contributed by atoms with van der Waals surface area (Å²) in [5.74, 6) is 0. The highest BCUT2D eigenvalue weighted by Crippen LogP contribution is 2.39. The molecular weight excluding hydrogens is 262 g/mol. The van der Waals surface area contributed by atoms with Gasteiger partial charge in [0.2, 0.25) is 0 Å². The summed E-state index contributed by atoms with van der Waals surface area (Å²) in [5, 5.41) is 5.68. The van der Waals surface area contributed by atoms with E-state index in [2.05, 4.69) is 53.2 Å². The van der Waals surface area contributed by atoms with Crippen molar-refractivity contribution in [3.8, 4) is 0 Å². The lowest BCUT2D eigenvalue weighted by Gasteiger charge is -2.21. The minimum absolute atomic E-state index is 1.11. The molecule has 0 bridgehead atoms. The zero-order valence-electron chi connectivity index (χ0n) is 11.4. The maximum atomic E-state index is 3.46. The standard InChI is InChI=1S/C18H17NS/c1-2-4-15-13(3-1)5-6-17-16(9-12-20-17)18(15)14-7-10-19-11-8-14/h1-6,9,12,19H,7-8,10-11H2. The molecule has 1 aromatic carbocycles. The fraction of sp³-hybridized carbons (Fsp3) is 0.222. The van der Waals surface area contributed by atoms with E-state index in [1.54, 1.807) is 5.57 Å². The van der Waals surface area contributed by atoms with Crippen molar-refractivity contribution < 1.29 is 0 Å². The Morgan fingerprint density at radius 1 is 0.900 bits per heavy atom. The van der Waals surface area contributed by atoms with Gasteiger partial charge < -0.3 is 5.32 Å². The first-order valence-electron chi connectivity index (χ1n) is 7.21. The molecule has 2 heteroatoms. The highest BCUT2D eigenvalue weighted by Gasteiger charge is 2.20. The third kappa shape index (κ3) is 1.96. The van der Waals surface area contributed by atoms with Crippen LogP contribution in [0.2, 0.25) is 0 Å². The lowest BCUT2D eigenvalue weighted by molar-refractivity contribution is 0.611. The van der Waals surface area contributed by atoms with Gasteiger partial charge in [0.05, 0.1) is 0 Å². The smallest absolute Gasteiger partial charge is 0.0349 e. The van der Waals surface area contributed by atoms with Gasteiger partial charge in [-0.25, -0.2) is 0 Å². The fourth-order valence-electron chi connectivity index (χ4n) is 3.20. The van der Waals surface area contributed by atoms with Gasteiger partial charge in [0, 0.05) is 10.4 Å². The van der Waals surface area contributed by atoms with Gasteiger partial charge in [-0.1, -0.05) is 35.9 Å². The van der Waals surface area contributed by atoms with Gasteiger partial charge in [0.25, 0.3) is 0 Å². The van der Waals surface area contributed by atoms with Crippen molar-refractivity contribution in [3.63, 3.8) is 0 Å². The van der Waals surface area contributed by atoms with Crippen LogP contribution in [-0.2, 0) is 0 Å². The molecule has 2 heterocycles. The molecule has 1 fully saturated rings. The molecule has 0 atom stereocenters. The van der Waals surface area contributed by atoms with Gasteiger partial charge in [0.1, 0.15) is 0 Å². The Kier molecular flexibility index (Phi) is 3.06. The summed E-state index contributed by atoms with van der Waals surface area (Å²) in [7, 11) is 0. The lowest BCUT2D eigenvalue weighted by Crippen LogP contribution is -2.23. The second-order valence-electron chi connectivity index (χ2n) is 5.35. The van der Waals surface area contributed by atoms with Crippen molar-refractivity contribution in [2.24, 2.45) is 0 Å². The molecule has 1 aliphatic carbocycles. The molecule has 2 aliphatic rings. The first-order chi connectivity index (χ1) is 9.93. The van der Waals surface area contributed by atoms with E-state index < -0.39 is 0 Å². The Morgan fingerprint density at radius 2 is 1.75 bits per heavy atom. The van der Waals surface area contributed by atoms with E-state index in [1.165, 1.54) is 40.0 Å². The summed E-state index contributed by atoms with van der Waals surface area (Å²) >= 11 is 1.84. The topological polar surface area (TPSA) is 12.0 Å². The number of benzene rings is 1. The summed E-state index contributed by atoms with van der Waals surface area (Å²) in [6, 6.07) is 11.1. The fourth-order valence-corrected chi connectivity index (χ4v) is 3.99. The van der Waals surface area contributed by atoms with Gasteiger partial charge in [-0.15, -0.1) is 11.3 Å². The van der Waals surface area contributed by atoms with Crippen molar-refractivity contribution in [2.45, 2.75) is 12.8 Å². The maximum absolute atomic E-state index is 3.46. The summed E-state index contributed by atoms with van der Waals surface area (Å²) in [5.41, 5.74) is 7.27. The molecule has 100 valence electrons. The predicted molar refractivity (Wildman–Crippen MR) is 87.8 cm³/mol. The highest BCUT2D eigenvalue weighted by molar-refractivity contribution is 7.11. The van der Waals surface area contributed by atoms with Crippen LogP contribution < -0.4 is 5.32 Å². The molecule has 20 heavy (non-hydrogen) atoms.